The van der Waals surface area contributed by atoms with Gasteiger partial charge in [-0.2, -0.15) is 0 Å². The number of carbonyl (C=O) groups excluding carboxylic acids is 1. The molecule has 1 aromatic carbocycles. The zero-order valence-electron chi connectivity index (χ0n) is 11.6. The monoisotopic (exact) mass is 282 g/mol. The molecule has 106 valence electrons. The Morgan fingerprint density at radius 3 is 2.53 bits per heavy atom. The molecular weight excluding hydrogens is 260 g/mol. The van der Waals surface area contributed by atoms with Gasteiger partial charge in [0.25, 0.3) is 0 Å². The van der Waals surface area contributed by atoms with Crippen molar-refractivity contribution < 1.29 is 4.79 Å². The third-order valence-corrected chi connectivity index (χ3v) is 3.95. The smallest absolute Gasteiger partial charge is 0.227 e. The van der Waals surface area contributed by atoms with E-state index < -0.39 is 0 Å². The quantitative estimate of drug-likeness (QED) is 0.927. The van der Waals surface area contributed by atoms with Crippen molar-refractivity contribution in [1.82, 2.24) is 4.90 Å². The molecule has 1 fully saturated rings. The second-order valence-corrected chi connectivity index (χ2v) is 5.25. The van der Waals surface area contributed by atoms with Crippen molar-refractivity contribution in [2.75, 3.05) is 6.54 Å². The first kappa shape index (κ1) is 16.0. The standard InChI is InChI=1S/C15H22N2O.ClH/c1-11-7-6-10-17(11)15(18)12(2)14(16)13-8-4-3-5-9-13;/h3-5,8-9,11-12,14H,6-7,10,16H2,1-2H3;1H. The lowest BCUT2D eigenvalue weighted by atomic mass is 9.94. The fourth-order valence-corrected chi connectivity index (χ4v) is 2.64. The van der Waals surface area contributed by atoms with Gasteiger partial charge in [0.15, 0.2) is 0 Å². The first-order chi connectivity index (χ1) is 8.61. The Morgan fingerprint density at radius 1 is 1.37 bits per heavy atom. The van der Waals surface area contributed by atoms with Gasteiger partial charge in [-0.25, -0.2) is 0 Å². The molecule has 2 rings (SSSR count). The van der Waals surface area contributed by atoms with Crippen molar-refractivity contribution in [3.63, 3.8) is 0 Å². The Balaban J connectivity index is 0.00000180. The topological polar surface area (TPSA) is 46.3 Å². The van der Waals surface area contributed by atoms with E-state index in [-0.39, 0.29) is 30.3 Å². The summed E-state index contributed by atoms with van der Waals surface area (Å²) in [4.78, 5) is 14.4. The average molecular weight is 283 g/mol. The van der Waals surface area contributed by atoms with Crippen molar-refractivity contribution in [3.8, 4) is 0 Å². The molecule has 1 aromatic rings. The summed E-state index contributed by atoms with van der Waals surface area (Å²) in [6.45, 7) is 4.93. The van der Waals surface area contributed by atoms with Crippen LogP contribution in [0.5, 0.6) is 0 Å². The maximum absolute atomic E-state index is 12.4. The molecule has 1 amide bonds. The molecule has 3 unspecified atom stereocenters. The summed E-state index contributed by atoms with van der Waals surface area (Å²) in [5, 5.41) is 0. The zero-order chi connectivity index (χ0) is 13.1. The lowest BCUT2D eigenvalue weighted by molar-refractivity contribution is -0.136. The summed E-state index contributed by atoms with van der Waals surface area (Å²) in [5.74, 6) is 0.0318. The van der Waals surface area contributed by atoms with E-state index in [9.17, 15) is 4.79 Å². The summed E-state index contributed by atoms with van der Waals surface area (Å²) in [7, 11) is 0. The predicted molar refractivity (Wildman–Crippen MR) is 80.2 cm³/mol. The predicted octanol–water partition coefficient (Wildman–Crippen LogP) is 2.76. The van der Waals surface area contributed by atoms with Crippen LogP contribution in [0.2, 0.25) is 0 Å². The third kappa shape index (κ3) is 3.48. The van der Waals surface area contributed by atoms with Gasteiger partial charge in [0.1, 0.15) is 0 Å². The SMILES string of the molecule is CC(C(=O)N1CCCC1C)C(N)c1ccccc1.Cl. The second-order valence-electron chi connectivity index (χ2n) is 5.25. The largest absolute Gasteiger partial charge is 0.340 e. The highest BCUT2D eigenvalue weighted by molar-refractivity contribution is 5.85. The summed E-state index contributed by atoms with van der Waals surface area (Å²) in [6.07, 6.45) is 2.22. The van der Waals surface area contributed by atoms with Crippen LogP contribution in [0.25, 0.3) is 0 Å². The summed E-state index contributed by atoms with van der Waals surface area (Å²) in [6, 6.07) is 10.0. The first-order valence-electron chi connectivity index (χ1n) is 6.72. The van der Waals surface area contributed by atoms with E-state index in [0.29, 0.717) is 6.04 Å². The minimum atomic E-state index is -0.216. The van der Waals surface area contributed by atoms with E-state index in [4.69, 9.17) is 5.73 Å². The zero-order valence-corrected chi connectivity index (χ0v) is 12.4. The molecule has 4 heteroatoms. The summed E-state index contributed by atoms with van der Waals surface area (Å²) < 4.78 is 0. The molecule has 1 heterocycles. The molecule has 1 aliphatic heterocycles. The fraction of sp³-hybridized carbons (Fsp3) is 0.533. The highest BCUT2D eigenvalue weighted by Gasteiger charge is 2.31. The number of halogens is 1. The highest BCUT2D eigenvalue weighted by atomic mass is 35.5. The normalized spacial score (nSPS) is 21.6. The number of nitrogens with two attached hydrogens (primary N) is 1. The maximum atomic E-state index is 12.4. The summed E-state index contributed by atoms with van der Waals surface area (Å²) in [5.41, 5.74) is 7.24. The fourth-order valence-electron chi connectivity index (χ4n) is 2.64. The van der Waals surface area contributed by atoms with Crippen LogP contribution in [-0.4, -0.2) is 23.4 Å². The van der Waals surface area contributed by atoms with Gasteiger partial charge in [-0.15, -0.1) is 12.4 Å². The lowest BCUT2D eigenvalue weighted by Gasteiger charge is -2.28. The Labute approximate surface area is 121 Å². The number of benzene rings is 1. The van der Waals surface area contributed by atoms with Crippen LogP contribution in [0, 0.1) is 5.92 Å². The lowest BCUT2D eigenvalue weighted by Crippen LogP contribution is -2.41. The van der Waals surface area contributed by atoms with E-state index in [1.807, 2.05) is 42.2 Å². The molecule has 3 atom stereocenters. The summed E-state index contributed by atoms with van der Waals surface area (Å²) >= 11 is 0. The van der Waals surface area contributed by atoms with Gasteiger partial charge in [-0.3, -0.25) is 4.79 Å². The van der Waals surface area contributed by atoms with Gasteiger partial charge < -0.3 is 10.6 Å². The molecule has 19 heavy (non-hydrogen) atoms. The van der Waals surface area contributed by atoms with E-state index in [1.54, 1.807) is 0 Å². The van der Waals surface area contributed by atoms with Crippen molar-refractivity contribution in [2.45, 2.75) is 38.8 Å². The Bertz CT molecular complexity index is 410. The number of carbonyl (C=O) groups is 1. The molecule has 2 N–H and O–H groups in total. The van der Waals surface area contributed by atoms with E-state index in [0.717, 1.165) is 24.9 Å². The Kier molecular flexibility index (Phi) is 5.83. The molecule has 0 saturated carbocycles. The van der Waals surface area contributed by atoms with Gasteiger partial charge in [-0.1, -0.05) is 37.3 Å². The Hall–Kier alpha value is -1.06. The van der Waals surface area contributed by atoms with Crippen LogP contribution in [0.15, 0.2) is 30.3 Å². The van der Waals surface area contributed by atoms with Crippen molar-refractivity contribution in [3.05, 3.63) is 35.9 Å². The number of nitrogens with zero attached hydrogens (tertiary/aromatic N) is 1. The van der Waals surface area contributed by atoms with E-state index in [1.165, 1.54) is 0 Å². The molecule has 0 bridgehead atoms. The first-order valence-corrected chi connectivity index (χ1v) is 6.72. The average Bonchev–Trinajstić information content (AvgIpc) is 2.83. The molecule has 3 nitrogen and oxygen atoms in total. The number of amides is 1. The highest BCUT2D eigenvalue weighted by Crippen LogP contribution is 2.25. The van der Waals surface area contributed by atoms with E-state index >= 15 is 0 Å². The molecule has 1 saturated heterocycles. The van der Waals surface area contributed by atoms with Crippen molar-refractivity contribution in [2.24, 2.45) is 11.7 Å². The molecule has 0 aliphatic carbocycles. The number of likely N-dealkylation sites (tertiary alicyclic amines) is 1. The van der Waals surface area contributed by atoms with Gasteiger partial charge in [0.2, 0.25) is 5.91 Å². The van der Waals surface area contributed by atoms with Crippen LogP contribution in [-0.2, 0) is 4.79 Å². The third-order valence-electron chi connectivity index (χ3n) is 3.95. The number of rotatable bonds is 3. The van der Waals surface area contributed by atoms with Gasteiger partial charge in [0.05, 0.1) is 5.92 Å². The van der Waals surface area contributed by atoms with Crippen LogP contribution in [0.4, 0.5) is 0 Å². The maximum Gasteiger partial charge on any atom is 0.227 e. The van der Waals surface area contributed by atoms with Crippen LogP contribution in [0.1, 0.15) is 38.3 Å². The van der Waals surface area contributed by atoms with Crippen LogP contribution in [0.3, 0.4) is 0 Å². The minimum absolute atomic E-state index is 0. The molecule has 0 aromatic heterocycles. The van der Waals surface area contributed by atoms with E-state index in [2.05, 4.69) is 6.92 Å². The molecule has 1 aliphatic rings. The van der Waals surface area contributed by atoms with Crippen LogP contribution < -0.4 is 5.73 Å². The molecular formula is C15H23ClN2O. The van der Waals surface area contributed by atoms with Gasteiger partial charge in [-0.05, 0) is 25.3 Å². The number of hydrogen-bond acceptors (Lipinski definition) is 2. The minimum Gasteiger partial charge on any atom is -0.340 e. The number of hydrogen-bond donors (Lipinski definition) is 1. The van der Waals surface area contributed by atoms with Crippen LogP contribution >= 0.6 is 12.4 Å². The second kappa shape index (κ2) is 6.92. The van der Waals surface area contributed by atoms with Crippen molar-refractivity contribution >= 4 is 18.3 Å². The van der Waals surface area contributed by atoms with Gasteiger partial charge in [0, 0.05) is 18.6 Å². The van der Waals surface area contributed by atoms with Gasteiger partial charge >= 0.3 is 0 Å². The Morgan fingerprint density at radius 2 is 2.00 bits per heavy atom. The molecule has 0 spiro atoms. The van der Waals surface area contributed by atoms with Crippen molar-refractivity contribution in [1.29, 1.82) is 0 Å². The molecule has 0 radical (unpaired) electrons.